The summed E-state index contributed by atoms with van der Waals surface area (Å²) in [6, 6.07) is 2.86. The Balaban J connectivity index is 2.03. The zero-order valence-corrected chi connectivity index (χ0v) is 14.7. The van der Waals surface area contributed by atoms with Gasteiger partial charge >= 0.3 is 6.03 Å². The lowest BCUT2D eigenvalue weighted by Crippen LogP contribution is -2.37. The molecule has 0 aliphatic carbocycles. The van der Waals surface area contributed by atoms with E-state index < -0.39 is 0 Å². The summed E-state index contributed by atoms with van der Waals surface area (Å²) in [5.41, 5.74) is 0. The first-order chi connectivity index (χ1) is 11.0. The third-order valence-corrected chi connectivity index (χ3v) is 3.86. The smallest absolute Gasteiger partial charge is 0.326 e. The maximum atomic E-state index is 11.9. The van der Waals surface area contributed by atoms with Gasteiger partial charge in [0.15, 0.2) is 5.75 Å². The van der Waals surface area contributed by atoms with E-state index >= 15 is 0 Å². The minimum Gasteiger partial charge on any atom is -0.485 e. The first-order valence-electron chi connectivity index (χ1n) is 7.08. The predicted octanol–water partition coefficient (Wildman–Crippen LogP) is 4.65. The van der Waals surface area contributed by atoms with Gasteiger partial charge in [0.05, 0.1) is 16.6 Å². The number of hydrogen-bond acceptors (Lipinski definition) is 3. The van der Waals surface area contributed by atoms with Gasteiger partial charge in [0.1, 0.15) is 12.4 Å². The fourth-order valence-electron chi connectivity index (χ4n) is 2.00. The topological polar surface area (TPSA) is 56.2 Å². The first kappa shape index (κ1) is 17.9. The number of imidazole rings is 1. The van der Waals surface area contributed by atoms with Crippen LogP contribution in [0.2, 0.25) is 15.1 Å². The summed E-state index contributed by atoms with van der Waals surface area (Å²) >= 11 is 18.1. The van der Waals surface area contributed by atoms with E-state index in [2.05, 4.69) is 10.3 Å². The van der Waals surface area contributed by atoms with Crippen molar-refractivity contribution in [3.8, 4) is 5.75 Å². The Hall–Kier alpha value is -1.43. The van der Waals surface area contributed by atoms with Gasteiger partial charge in [0, 0.05) is 17.4 Å². The Morgan fingerprint density at radius 1 is 1.35 bits per heavy atom. The highest BCUT2D eigenvalue weighted by molar-refractivity contribution is 6.40. The zero-order chi connectivity index (χ0) is 16.8. The van der Waals surface area contributed by atoms with Gasteiger partial charge in [-0.3, -0.25) is 4.57 Å². The van der Waals surface area contributed by atoms with Crippen molar-refractivity contribution >= 4 is 40.8 Å². The minimum atomic E-state index is -0.277. The predicted molar refractivity (Wildman–Crippen MR) is 91.8 cm³/mol. The lowest BCUT2D eigenvalue weighted by Gasteiger charge is -2.21. The largest absolute Gasteiger partial charge is 0.485 e. The Bertz CT molecular complexity index is 639. The fraction of sp³-hybridized carbons (Fsp3) is 0.333. The van der Waals surface area contributed by atoms with Crippen LogP contribution < -0.4 is 10.1 Å². The van der Waals surface area contributed by atoms with E-state index in [1.165, 1.54) is 17.1 Å². The summed E-state index contributed by atoms with van der Waals surface area (Å²) in [6.45, 7) is 2.35. The molecule has 0 saturated carbocycles. The summed E-state index contributed by atoms with van der Waals surface area (Å²) < 4.78 is 7.23. The van der Waals surface area contributed by atoms with Gasteiger partial charge < -0.3 is 10.1 Å². The summed E-state index contributed by atoms with van der Waals surface area (Å²) in [6.07, 6.45) is 5.89. The molecular formula is C15H16Cl3N3O2. The number of amides is 1. The quantitative estimate of drug-likeness (QED) is 0.798. The maximum absolute atomic E-state index is 11.9. The Morgan fingerprint density at radius 3 is 2.61 bits per heavy atom. The molecule has 5 nitrogen and oxygen atoms in total. The molecule has 1 heterocycles. The van der Waals surface area contributed by atoms with Crippen molar-refractivity contribution in [2.24, 2.45) is 0 Å². The molecule has 124 valence electrons. The van der Waals surface area contributed by atoms with E-state index in [4.69, 9.17) is 39.5 Å². The van der Waals surface area contributed by atoms with Crippen molar-refractivity contribution in [1.82, 2.24) is 14.9 Å². The molecule has 1 atom stereocenters. The molecule has 1 unspecified atom stereocenters. The lowest BCUT2D eigenvalue weighted by atomic mass is 10.2. The maximum Gasteiger partial charge on any atom is 0.326 e. The fourth-order valence-corrected chi connectivity index (χ4v) is 2.91. The second-order valence-electron chi connectivity index (χ2n) is 4.88. The van der Waals surface area contributed by atoms with Crippen molar-refractivity contribution in [2.45, 2.75) is 25.9 Å². The Kier molecular flexibility index (Phi) is 6.57. The van der Waals surface area contributed by atoms with E-state index in [1.54, 1.807) is 18.3 Å². The van der Waals surface area contributed by atoms with Crippen molar-refractivity contribution in [1.29, 1.82) is 0 Å². The van der Waals surface area contributed by atoms with Crippen molar-refractivity contribution in [3.63, 3.8) is 0 Å². The Labute approximate surface area is 149 Å². The van der Waals surface area contributed by atoms with Gasteiger partial charge in [0.25, 0.3) is 0 Å². The number of halogens is 3. The molecular weight excluding hydrogens is 361 g/mol. The summed E-state index contributed by atoms with van der Waals surface area (Å²) in [7, 11) is 0. The van der Waals surface area contributed by atoms with Crippen LogP contribution >= 0.6 is 34.8 Å². The van der Waals surface area contributed by atoms with Gasteiger partial charge in [-0.15, -0.1) is 0 Å². The molecule has 1 aromatic heterocycles. The molecule has 0 fully saturated rings. The molecule has 1 N–H and O–H groups in total. The number of hydrogen-bond donors (Lipinski definition) is 1. The third kappa shape index (κ3) is 5.03. The molecule has 2 rings (SSSR count). The summed E-state index contributed by atoms with van der Waals surface area (Å²) in [5.74, 6) is 0.369. The second kappa shape index (κ2) is 8.43. The van der Waals surface area contributed by atoms with Crippen LogP contribution in [0.3, 0.4) is 0 Å². The number of nitrogens with zero attached hydrogens (tertiary/aromatic N) is 2. The monoisotopic (exact) mass is 375 g/mol. The zero-order valence-electron chi connectivity index (χ0n) is 12.4. The van der Waals surface area contributed by atoms with Crippen LogP contribution in [0.25, 0.3) is 0 Å². The molecule has 2 aromatic rings. The van der Waals surface area contributed by atoms with Crippen molar-refractivity contribution in [3.05, 3.63) is 45.9 Å². The molecule has 0 aliphatic heterocycles. The van der Waals surface area contributed by atoms with Crippen LogP contribution in [0.5, 0.6) is 5.75 Å². The number of carbonyl (C=O) groups excluding carboxylic acids is 1. The highest BCUT2D eigenvalue weighted by Crippen LogP contribution is 2.36. The van der Waals surface area contributed by atoms with Crippen LogP contribution in [-0.2, 0) is 0 Å². The highest BCUT2D eigenvalue weighted by atomic mass is 35.5. The number of carbonyl (C=O) groups is 1. The van der Waals surface area contributed by atoms with Gasteiger partial charge in [-0.2, -0.15) is 0 Å². The van der Waals surface area contributed by atoms with E-state index in [0.29, 0.717) is 27.4 Å². The molecule has 0 spiro atoms. The summed E-state index contributed by atoms with van der Waals surface area (Å²) in [4.78, 5) is 15.8. The number of ether oxygens (including phenoxy) is 1. The molecule has 23 heavy (non-hydrogen) atoms. The van der Waals surface area contributed by atoms with Crippen LogP contribution in [0.4, 0.5) is 4.79 Å². The van der Waals surface area contributed by atoms with E-state index in [0.717, 1.165) is 12.8 Å². The van der Waals surface area contributed by atoms with E-state index in [-0.39, 0.29) is 12.1 Å². The number of rotatable bonds is 6. The van der Waals surface area contributed by atoms with Crippen molar-refractivity contribution < 1.29 is 9.53 Å². The standard InChI is InChI=1S/C15H16Cl3N3O2/c1-2-3-11(8-20-15(22)21-5-4-19-9-21)23-14-12(17)6-10(16)7-13(14)18/h4-7,9,11H,2-3,8H2,1H3,(H,20,22). The van der Waals surface area contributed by atoms with Crippen molar-refractivity contribution in [2.75, 3.05) is 6.54 Å². The molecule has 0 bridgehead atoms. The van der Waals surface area contributed by atoms with E-state index in [9.17, 15) is 4.79 Å². The average molecular weight is 377 g/mol. The van der Waals surface area contributed by atoms with E-state index in [1.807, 2.05) is 6.92 Å². The number of benzene rings is 1. The van der Waals surface area contributed by atoms with Gasteiger partial charge in [0.2, 0.25) is 0 Å². The second-order valence-corrected chi connectivity index (χ2v) is 6.13. The molecule has 0 radical (unpaired) electrons. The van der Waals surface area contributed by atoms with Crippen LogP contribution in [0.1, 0.15) is 19.8 Å². The van der Waals surface area contributed by atoms with Crippen LogP contribution in [-0.4, -0.2) is 28.2 Å². The normalized spacial score (nSPS) is 12.0. The van der Waals surface area contributed by atoms with Gasteiger partial charge in [-0.05, 0) is 18.6 Å². The minimum absolute atomic E-state index is 0.261. The molecule has 1 amide bonds. The molecule has 8 heteroatoms. The molecule has 0 saturated heterocycles. The van der Waals surface area contributed by atoms with Crippen LogP contribution in [0, 0.1) is 0 Å². The highest BCUT2D eigenvalue weighted by Gasteiger charge is 2.17. The molecule has 0 aliphatic rings. The summed E-state index contributed by atoms with van der Waals surface area (Å²) in [5, 5.41) is 3.90. The lowest BCUT2D eigenvalue weighted by molar-refractivity contribution is 0.184. The average Bonchev–Trinajstić information content (AvgIpc) is 3.02. The van der Waals surface area contributed by atoms with Gasteiger partial charge in [-0.1, -0.05) is 48.1 Å². The first-order valence-corrected chi connectivity index (χ1v) is 8.22. The Morgan fingerprint density at radius 2 is 2.04 bits per heavy atom. The number of nitrogens with one attached hydrogen (secondary N) is 1. The number of aromatic nitrogens is 2. The van der Waals surface area contributed by atoms with Gasteiger partial charge in [-0.25, -0.2) is 9.78 Å². The SMILES string of the molecule is CCCC(CNC(=O)n1ccnc1)Oc1c(Cl)cc(Cl)cc1Cl. The molecule has 1 aromatic carbocycles. The third-order valence-electron chi connectivity index (χ3n) is 3.08. The van der Waals surface area contributed by atoms with Crippen LogP contribution in [0.15, 0.2) is 30.9 Å².